The highest BCUT2D eigenvalue weighted by molar-refractivity contribution is 7.10. The molecule has 2 aliphatic rings. The van der Waals surface area contributed by atoms with Crippen LogP contribution in [0.3, 0.4) is 0 Å². The summed E-state index contributed by atoms with van der Waals surface area (Å²) >= 11 is 1.55. The molecule has 4 heterocycles. The van der Waals surface area contributed by atoms with E-state index in [-0.39, 0.29) is 24.0 Å². The largest absolute Gasteiger partial charge is 0.469 e. The number of carbonyl (C=O) groups is 2. The molecule has 0 fully saturated rings. The first kappa shape index (κ1) is 20.7. The molecule has 34 heavy (non-hydrogen) atoms. The van der Waals surface area contributed by atoms with Crippen LogP contribution in [0.25, 0.3) is 0 Å². The number of amides is 1. The standard InChI is InChI=1S/C27H22N2O4S/c30-22-15-17(23-9-3-11-32-23)14-20-26(22)27(24-10-4-12-33-24)29(21-8-2-1-7-19(21)28-20)25(31)16-18-6-5-13-34-18/h1-13,17,27-28H,14-16H2/t17-,27+/m0/s1. The number of furan rings is 2. The van der Waals surface area contributed by atoms with E-state index in [0.717, 1.165) is 27.7 Å². The number of thiophene rings is 1. The molecule has 7 heteroatoms. The van der Waals surface area contributed by atoms with E-state index < -0.39 is 6.04 Å². The number of nitrogens with zero attached hydrogens (tertiary/aromatic N) is 1. The lowest BCUT2D eigenvalue weighted by molar-refractivity contribution is -0.118. The van der Waals surface area contributed by atoms with Gasteiger partial charge in [-0.05, 0) is 54.3 Å². The van der Waals surface area contributed by atoms with Crippen LogP contribution in [-0.2, 0) is 16.0 Å². The van der Waals surface area contributed by atoms with E-state index in [1.54, 1.807) is 34.8 Å². The lowest BCUT2D eigenvalue weighted by Gasteiger charge is -2.33. The van der Waals surface area contributed by atoms with Crippen LogP contribution in [0.5, 0.6) is 0 Å². The number of hydrogen-bond donors (Lipinski definition) is 1. The summed E-state index contributed by atoms with van der Waals surface area (Å²) in [6, 6.07) is 18.3. The minimum Gasteiger partial charge on any atom is -0.469 e. The van der Waals surface area contributed by atoms with Gasteiger partial charge in [0, 0.05) is 28.5 Å². The molecule has 0 saturated heterocycles. The third-order valence-corrected chi connectivity index (χ3v) is 7.30. The average Bonchev–Trinajstić information content (AvgIpc) is 3.61. The first-order valence-corrected chi connectivity index (χ1v) is 12.1. The van der Waals surface area contributed by atoms with Crippen LogP contribution in [0.15, 0.2) is 98.7 Å². The van der Waals surface area contributed by atoms with E-state index in [0.29, 0.717) is 24.2 Å². The highest BCUT2D eigenvalue weighted by Gasteiger charge is 2.43. The molecule has 0 radical (unpaired) electrons. The maximum absolute atomic E-state index is 13.8. The number of carbonyl (C=O) groups excluding carboxylic acids is 2. The van der Waals surface area contributed by atoms with E-state index in [9.17, 15) is 9.59 Å². The van der Waals surface area contributed by atoms with Crippen molar-refractivity contribution in [3.05, 3.63) is 106 Å². The number of anilines is 2. The third kappa shape index (κ3) is 3.58. The summed E-state index contributed by atoms with van der Waals surface area (Å²) in [5, 5.41) is 5.47. The number of benzene rings is 1. The van der Waals surface area contributed by atoms with Crippen LogP contribution in [0, 0.1) is 0 Å². The van der Waals surface area contributed by atoms with Crippen LogP contribution < -0.4 is 10.2 Å². The van der Waals surface area contributed by atoms with Crippen molar-refractivity contribution in [3.63, 3.8) is 0 Å². The smallest absolute Gasteiger partial charge is 0.233 e. The number of nitrogens with one attached hydrogen (secondary N) is 1. The average molecular weight is 471 g/mol. The molecule has 1 amide bonds. The first-order chi connectivity index (χ1) is 16.7. The van der Waals surface area contributed by atoms with Crippen LogP contribution in [0.1, 0.15) is 41.2 Å². The maximum Gasteiger partial charge on any atom is 0.233 e. The molecular formula is C27H22N2O4S. The topological polar surface area (TPSA) is 75.7 Å². The number of hydrogen-bond acceptors (Lipinski definition) is 6. The van der Waals surface area contributed by atoms with Gasteiger partial charge < -0.3 is 14.2 Å². The summed E-state index contributed by atoms with van der Waals surface area (Å²) in [5.41, 5.74) is 2.89. The predicted octanol–water partition coefficient (Wildman–Crippen LogP) is 6.08. The highest BCUT2D eigenvalue weighted by Crippen LogP contribution is 2.47. The maximum atomic E-state index is 13.8. The second-order valence-corrected chi connectivity index (χ2v) is 9.55. The van der Waals surface area contributed by atoms with Crippen molar-refractivity contribution in [2.24, 2.45) is 0 Å². The monoisotopic (exact) mass is 470 g/mol. The van der Waals surface area contributed by atoms with Crippen LogP contribution >= 0.6 is 11.3 Å². The zero-order valence-corrected chi connectivity index (χ0v) is 19.1. The molecule has 6 nitrogen and oxygen atoms in total. The third-order valence-electron chi connectivity index (χ3n) is 6.42. The molecule has 6 rings (SSSR count). The van der Waals surface area contributed by atoms with E-state index in [2.05, 4.69) is 5.32 Å². The summed E-state index contributed by atoms with van der Waals surface area (Å²) < 4.78 is 11.5. The normalized spacial score (nSPS) is 19.9. The lowest BCUT2D eigenvalue weighted by atomic mass is 9.81. The summed E-state index contributed by atoms with van der Waals surface area (Å²) in [6.07, 6.45) is 4.38. The van der Waals surface area contributed by atoms with Gasteiger partial charge in [0.05, 0.1) is 30.3 Å². The van der Waals surface area contributed by atoms with Crippen molar-refractivity contribution < 1.29 is 18.4 Å². The minimum atomic E-state index is -0.654. The van der Waals surface area contributed by atoms with Gasteiger partial charge in [0.2, 0.25) is 5.91 Å². The number of ketones is 1. The van der Waals surface area contributed by atoms with Gasteiger partial charge in [-0.3, -0.25) is 14.5 Å². The summed E-state index contributed by atoms with van der Waals surface area (Å²) in [5.74, 6) is 1.19. The molecular weight excluding hydrogens is 448 g/mol. The molecule has 0 unspecified atom stereocenters. The van der Waals surface area contributed by atoms with Crippen molar-refractivity contribution in [1.82, 2.24) is 0 Å². The lowest BCUT2D eigenvalue weighted by Crippen LogP contribution is -2.39. The summed E-state index contributed by atoms with van der Waals surface area (Å²) in [7, 11) is 0. The molecule has 0 bridgehead atoms. The number of fused-ring (bicyclic) bond motifs is 1. The fourth-order valence-corrected chi connectivity index (χ4v) is 5.65. The van der Waals surface area contributed by atoms with Crippen LogP contribution in [-0.4, -0.2) is 11.7 Å². The molecule has 1 aromatic carbocycles. The van der Waals surface area contributed by atoms with Crippen molar-refractivity contribution in [3.8, 4) is 0 Å². The Labute approximate surface area is 200 Å². The predicted molar refractivity (Wildman–Crippen MR) is 130 cm³/mol. The Bertz CT molecular complexity index is 1350. The van der Waals surface area contributed by atoms with Gasteiger partial charge in [-0.2, -0.15) is 0 Å². The molecule has 2 atom stereocenters. The number of para-hydroxylation sites is 2. The van der Waals surface area contributed by atoms with Crippen molar-refractivity contribution in [2.75, 3.05) is 10.2 Å². The molecule has 4 aromatic rings. The zero-order chi connectivity index (χ0) is 23.1. The Balaban J connectivity index is 1.51. The zero-order valence-electron chi connectivity index (χ0n) is 18.3. The van der Waals surface area contributed by atoms with Crippen molar-refractivity contribution in [1.29, 1.82) is 0 Å². The Morgan fingerprint density at radius 1 is 0.971 bits per heavy atom. The quantitative estimate of drug-likeness (QED) is 0.391. The van der Waals surface area contributed by atoms with Crippen molar-refractivity contribution in [2.45, 2.75) is 31.2 Å². The number of allylic oxidation sites excluding steroid dienone is 1. The Morgan fingerprint density at radius 2 is 1.76 bits per heavy atom. The summed E-state index contributed by atoms with van der Waals surface area (Å²) in [4.78, 5) is 30.2. The molecule has 1 aliphatic heterocycles. The van der Waals surface area contributed by atoms with E-state index in [4.69, 9.17) is 8.83 Å². The Morgan fingerprint density at radius 3 is 2.50 bits per heavy atom. The van der Waals surface area contributed by atoms with Gasteiger partial charge in [-0.15, -0.1) is 11.3 Å². The number of rotatable bonds is 4. The van der Waals surface area contributed by atoms with Crippen LogP contribution in [0.2, 0.25) is 0 Å². The highest BCUT2D eigenvalue weighted by atomic mass is 32.1. The molecule has 3 aromatic heterocycles. The SMILES string of the molecule is O=C1C[C@@H](c2ccco2)CC2=C1[C@@H](c1ccco1)N(C(=O)Cc1cccs1)c1ccccc1N2. The fraction of sp³-hybridized carbons (Fsp3) is 0.185. The molecule has 0 saturated carbocycles. The molecule has 170 valence electrons. The second kappa shape index (κ2) is 8.50. The van der Waals surface area contributed by atoms with Crippen molar-refractivity contribution >= 4 is 34.4 Å². The minimum absolute atomic E-state index is 0.0155. The summed E-state index contributed by atoms with van der Waals surface area (Å²) in [6.45, 7) is 0. The molecule has 0 spiro atoms. The van der Waals surface area contributed by atoms with Gasteiger partial charge in [0.1, 0.15) is 17.6 Å². The van der Waals surface area contributed by atoms with Gasteiger partial charge in [0.25, 0.3) is 0 Å². The van der Waals surface area contributed by atoms with E-state index in [1.807, 2.05) is 60.0 Å². The van der Waals surface area contributed by atoms with E-state index >= 15 is 0 Å². The molecule has 1 N–H and O–H groups in total. The Hall–Kier alpha value is -3.84. The molecule has 1 aliphatic carbocycles. The Kier molecular flexibility index (Phi) is 5.19. The number of Topliss-reactive ketones (excluding diaryl/α,β-unsaturated/α-hetero) is 1. The van der Waals surface area contributed by atoms with Gasteiger partial charge in [-0.1, -0.05) is 18.2 Å². The van der Waals surface area contributed by atoms with Gasteiger partial charge >= 0.3 is 0 Å². The van der Waals surface area contributed by atoms with Crippen LogP contribution in [0.4, 0.5) is 11.4 Å². The van der Waals surface area contributed by atoms with E-state index in [1.165, 1.54) is 0 Å². The second-order valence-electron chi connectivity index (χ2n) is 8.52. The van der Waals surface area contributed by atoms with Gasteiger partial charge in [-0.25, -0.2) is 0 Å². The first-order valence-electron chi connectivity index (χ1n) is 11.2. The fourth-order valence-electron chi connectivity index (χ4n) is 4.95. The van der Waals surface area contributed by atoms with Gasteiger partial charge in [0.15, 0.2) is 5.78 Å².